The lowest BCUT2D eigenvalue weighted by Gasteiger charge is -2.12. The molecule has 2 amide bonds. The zero-order valence-electron chi connectivity index (χ0n) is 14.4. The molecule has 0 aliphatic carbocycles. The molecule has 6 heteroatoms. The van der Waals surface area contributed by atoms with Gasteiger partial charge in [0, 0.05) is 21.8 Å². The quantitative estimate of drug-likeness (QED) is 0.582. The number of anilines is 2. The summed E-state index contributed by atoms with van der Waals surface area (Å²) in [6.07, 6.45) is 0. The van der Waals surface area contributed by atoms with Crippen LogP contribution in [0.15, 0.2) is 66.7 Å². The minimum absolute atomic E-state index is 0.242. The van der Waals surface area contributed by atoms with Gasteiger partial charge in [-0.05, 0) is 55.0 Å². The van der Waals surface area contributed by atoms with Crippen molar-refractivity contribution >= 4 is 46.4 Å². The number of aryl methyl sites for hydroxylation is 1. The molecule has 0 atom stereocenters. The van der Waals surface area contributed by atoms with E-state index in [0.29, 0.717) is 32.5 Å². The normalized spacial score (nSPS) is 10.3. The van der Waals surface area contributed by atoms with E-state index in [1.54, 1.807) is 60.7 Å². The predicted octanol–water partition coefficient (Wildman–Crippen LogP) is 5.81. The number of carbonyl (C=O) groups excluding carboxylic acids is 2. The van der Waals surface area contributed by atoms with Crippen molar-refractivity contribution in [2.75, 3.05) is 10.6 Å². The summed E-state index contributed by atoms with van der Waals surface area (Å²) in [6, 6.07) is 18.8. The second-order valence-electron chi connectivity index (χ2n) is 5.93. The van der Waals surface area contributed by atoms with Crippen LogP contribution >= 0.6 is 23.2 Å². The molecule has 0 unspecified atom stereocenters. The average molecular weight is 399 g/mol. The second-order valence-corrected chi connectivity index (χ2v) is 6.77. The van der Waals surface area contributed by atoms with E-state index >= 15 is 0 Å². The van der Waals surface area contributed by atoms with Gasteiger partial charge in [-0.15, -0.1) is 0 Å². The smallest absolute Gasteiger partial charge is 0.255 e. The lowest BCUT2D eigenvalue weighted by molar-refractivity contribution is 0.101. The Bertz CT molecular complexity index is 1000. The molecule has 0 bridgehead atoms. The molecule has 136 valence electrons. The van der Waals surface area contributed by atoms with E-state index in [4.69, 9.17) is 23.2 Å². The van der Waals surface area contributed by atoms with Gasteiger partial charge in [0.15, 0.2) is 0 Å². The molecule has 0 aliphatic rings. The molecule has 0 aliphatic heterocycles. The molecule has 0 spiro atoms. The third-order valence-electron chi connectivity index (χ3n) is 3.96. The molecule has 4 nitrogen and oxygen atoms in total. The van der Waals surface area contributed by atoms with Crippen molar-refractivity contribution in [1.29, 1.82) is 0 Å². The molecule has 0 saturated carbocycles. The maximum atomic E-state index is 12.6. The highest BCUT2D eigenvalue weighted by atomic mass is 35.5. The Labute approximate surface area is 167 Å². The Balaban J connectivity index is 1.81. The van der Waals surface area contributed by atoms with Gasteiger partial charge in [0.1, 0.15) is 0 Å². The van der Waals surface area contributed by atoms with E-state index in [1.807, 2.05) is 13.0 Å². The summed E-state index contributed by atoms with van der Waals surface area (Å²) in [6.45, 7) is 1.86. The van der Waals surface area contributed by atoms with Gasteiger partial charge in [-0.1, -0.05) is 47.5 Å². The Morgan fingerprint density at radius 3 is 2.15 bits per heavy atom. The molecule has 0 saturated heterocycles. The van der Waals surface area contributed by atoms with Crippen LogP contribution in [0.1, 0.15) is 26.3 Å². The molecule has 3 aromatic rings. The number of benzene rings is 3. The summed E-state index contributed by atoms with van der Waals surface area (Å²) in [7, 11) is 0. The first-order chi connectivity index (χ1) is 12.9. The number of hydrogen-bond acceptors (Lipinski definition) is 2. The van der Waals surface area contributed by atoms with Gasteiger partial charge in [-0.25, -0.2) is 0 Å². The first kappa shape index (κ1) is 19.0. The number of nitrogens with one attached hydrogen (secondary N) is 2. The molecule has 0 radical (unpaired) electrons. The first-order valence-corrected chi connectivity index (χ1v) is 8.93. The molecule has 2 N–H and O–H groups in total. The van der Waals surface area contributed by atoms with E-state index in [1.165, 1.54) is 0 Å². The molecule has 27 heavy (non-hydrogen) atoms. The van der Waals surface area contributed by atoms with Gasteiger partial charge in [-0.3, -0.25) is 9.59 Å². The van der Waals surface area contributed by atoms with Crippen LogP contribution in [0.2, 0.25) is 10.0 Å². The molecule has 0 fully saturated rings. The van der Waals surface area contributed by atoms with Crippen LogP contribution in [0.25, 0.3) is 0 Å². The molecule has 0 heterocycles. The van der Waals surface area contributed by atoms with Crippen LogP contribution in [0.5, 0.6) is 0 Å². The maximum Gasteiger partial charge on any atom is 0.255 e. The third kappa shape index (κ3) is 4.67. The van der Waals surface area contributed by atoms with Crippen LogP contribution in [0.3, 0.4) is 0 Å². The van der Waals surface area contributed by atoms with E-state index in [-0.39, 0.29) is 11.8 Å². The van der Waals surface area contributed by atoms with Gasteiger partial charge in [-0.2, -0.15) is 0 Å². The number of carbonyl (C=O) groups is 2. The van der Waals surface area contributed by atoms with Crippen molar-refractivity contribution in [2.45, 2.75) is 6.92 Å². The summed E-state index contributed by atoms with van der Waals surface area (Å²) in [5.41, 5.74) is 2.76. The van der Waals surface area contributed by atoms with Crippen molar-refractivity contribution in [2.24, 2.45) is 0 Å². The lowest BCUT2D eigenvalue weighted by Crippen LogP contribution is -2.15. The first-order valence-electron chi connectivity index (χ1n) is 8.17. The Morgan fingerprint density at radius 1 is 0.741 bits per heavy atom. The Hall–Kier alpha value is -2.82. The largest absolute Gasteiger partial charge is 0.322 e. The summed E-state index contributed by atoms with van der Waals surface area (Å²) in [5, 5.41) is 6.42. The van der Waals surface area contributed by atoms with Crippen molar-refractivity contribution < 1.29 is 9.59 Å². The van der Waals surface area contributed by atoms with Gasteiger partial charge >= 0.3 is 0 Å². The molecular weight excluding hydrogens is 383 g/mol. The minimum atomic E-state index is -0.352. The molecule has 3 rings (SSSR count). The van der Waals surface area contributed by atoms with Gasteiger partial charge in [0.25, 0.3) is 11.8 Å². The van der Waals surface area contributed by atoms with Gasteiger partial charge in [0.2, 0.25) is 0 Å². The van der Waals surface area contributed by atoms with Crippen LogP contribution in [-0.2, 0) is 0 Å². The lowest BCUT2D eigenvalue weighted by atomic mass is 10.1. The third-order valence-corrected chi connectivity index (χ3v) is 4.53. The van der Waals surface area contributed by atoms with Crippen LogP contribution in [0, 0.1) is 6.92 Å². The highest BCUT2D eigenvalue weighted by Crippen LogP contribution is 2.26. The van der Waals surface area contributed by atoms with Crippen molar-refractivity contribution in [3.8, 4) is 0 Å². The highest BCUT2D eigenvalue weighted by Gasteiger charge is 2.13. The standard InChI is InChI=1S/C21H16Cl2N2O2/c1-13-7-8-15(21(27)25-19-12-16(22)9-10-17(19)23)11-18(13)24-20(26)14-5-3-2-4-6-14/h2-12H,1H3,(H,24,26)(H,25,27). The fraction of sp³-hybridized carbons (Fsp3) is 0.0476. The summed E-state index contributed by atoms with van der Waals surface area (Å²) in [5.74, 6) is -0.594. The zero-order valence-corrected chi connectivity index (χ0v) is 15.9. The van der Waals surface area contributed by atoms with Crippen molar-refractivity contribution in [3.63, 3.8) is 0 Å². The average Bonchev–Trinajstić information content (AvgIpc) is 2.67. The summed E-state index contributed by atoms with van der Waals surface area (Å²) in [4.78, 5) is 24.9. The van der Waals surface area contributed by atoms with E-state index in [2.05, 4.69) is 10.6 Å². The molecular formula is C21H16Cl2N2O2. The number of rotatable bonds is 4. The minimum Gasteiger partial charge on any atom is -0.322 e. The van der Waals surface area contributed by atoms with E-state index < -0.39 is 0 Å². The fourth-order valence-electron chi connectivity index (χ4n) is 2.47. The van der Waals surface area contributed by atoms with Crippen molar-refractivity contribution in [3.05, 3.63) is 93.5 Å². The van der Waals surface area contributed by atoms with E-state index in [0.717, 1.165) is 5.56 Å². The SMILES string of the molecule is Cc1ccc(C(=O)Nc2cc(Cl)ccc2Cl)cc1NC(=O)c1ccccc1. The monoisotopic (exact) mass is 398 g/mol. The topological polar surface area (TPSA) is 58.2 Å². The van der Waals surface area contributed by atoms with Gasteiger partial charge < -0.3 is 10.6 Å². The molecule has 0 aromatic heterocycles. The fourth-order valence-corrected chi connectivity index (χ4v) is 2.81. The number of amides is 2. The van der Waals surface area contributed by atoms with Gasteiger partial charge in [0.05, 0.1) is 10.7 Å². The van der Waals surface area contributed by atoms with Crippen LogP contribution in [-0.4, -0.2) is 11.8 Å². The Morgan fingerprint density at radius 2 is 1.41 bits per heavy atom. The predicted molar refractivity (Wildman–Crippen MR) is 110 cm³/mol. The van der Waals surface area contributed by atoms with Crippen molar-refractivity contribution in [1.82, 2.24) is 0 Å². The number of halogens is 2. The summed E-state index contributed by atoms with van der Waals surface area (Å²) >= 11 is 12.0. The maximum absolute atomic E-state index is 12.6. The zero-order chi connectivity index (χ0) is 19.4. The highest BCUT2D eigenvalue weighted by molar-refractivity contribution is 6.35. The van der Waals surface area contributed by atoms with E-state index in [9.17, 15) is 9.59 Å². The Kier molecular flexibility index (Phi) is 5.79. The summed E-state index contributed by atoms with van der Waals surface area (Å²) < 4.78 is 0. The second kappa shape index (κ2) is 8.25. The van der Waals surface area contributed by atoms with Crippen LogP contribution < -0.4 is 10.6 Å². The van der Waals surface area contributed by atoms with Crippen LogP contribution in [0.4, 0.5) is 11.4 Å². The molecule has 3 aromatic carbocycles. The number of hydrogen-bond donors (Lipinski definition) is 2.